The second-order valence-electron chi connectivity index (χ2n) is 8.80. The molecule has 0 radical (unpaired) electrons. The van der Waals surface area contributed by atoms with Crippen LogP contribution in [0.25, 0.3) is 11.1 Å². The second kappa shape index (κ2) is 9.37. The third-order valence-corrected chi connectivity index (χ3v) is 6.92. The normalized spacial score (nSPS) is 23.2. The Hall–Kier alpha value is -3.16. The molecule has 2 aromatic carbocycles. The van der Waals surface area contributed by atoms with Crippen LogP contribution in [0.3, 0.4) is 0 Å². The maximum absolute atomic E-state index is 13.7. The number of benzene rings is 2. The minimum atomic E-state index is -0.403. The van der Waals surface area contributed by atoms with Crippen LogP contribution in [0.1, 0.15) is 34.7 Å². The van der Waals surface area contributed by atoms with Crippen LogP contribution in [-0.2, 0) is 0 Å². The molecule has 6 nitrogen and oxygen atoms in total. The summed E-state index contributed by atoms with van der Waals surface area (Å²) in [5, 5.41) is 10.2. The molecule has 7 heteroatoms. The number of fused-ring (bicyclic) bond motifs is 1. The molecule has 0 saturated carbocycles. The van der Waals surface area contributed by atoms with Gasteiger partial charge in [0.2, 0.25) is 0 Å². The van der Waals surface area contributed by atoms with Crippen LogP contribution in [0, 0.1) is 5.82 Å². The first-order valence-electron chi connectivity index (χ1n) is 11.4. The summed E-state index contributed by atoms with van der Waals surface area (Å²) >= 11 is 0. The minimum absolute atomic E-state index is 0.0325. The third kappa shape index (κ3) is 4.26. The predicted molar refractivity (Wildman–Crippen MR) is 123 cm³/mol. The van der Waals surface area contributed by atoms with E-state index in [0.29, 0.717) is 18.7 Å². The summed E-state index contributed by atoms with van der Waals surface area (Å²) < 4.78 is 13.7. The molecule has 1 amide bonds. The summed E-state index contributed by atoms with van der Waals surface area (Å²) in [7, 11) is 0. The number of hydrogen-bond acceptors (Lipinski definition) is 5. The Kier molecular flexibility index (Phi) is 6.15. The number of amides is 1. The number of rotatable bonds is 4. The Morgan fingerprint density at radius 1 is 1.03 bits per heavy atom. The zero-order valence-electron chi connectivity index (χ0n) is 18.3. The fourth-order valence-electron chi connectivity index (χ4n) is 5.27. The molecule has 0 aliphatic carbocycles. The number of aliphatic hydroxyl groups excluding tert-OH is 1. The van der Waals surface area contributed by atoms with E-state index in [2.05, 4.69) is 39.1 Å². The molecule has 2 aliphatic heterocycles. The van der Waals surface area contributed by atoms with Gasteiger partial charge >= 0.3 is 0 Å². The lowest BCUT2D eigenvalue weighted by atomic mass is 9.74. The summed E-state index contributed by atoms with van der Waals surface area (Å²) in [5.74, 6) is -0.417. The number of aromatic nitrogens is 2. The molecule has 5 rings (SSSR count). The predicted octanol–water partition coefficient (Wildman–Crippen LogP) is 3.35. The molecule has 0 unspecified atom stereocenters. The molecule has 33 heavy (non-hydrogen) atoms. The standard InChI is InChI=1S/C26H27FN4O2/c27-22-5-3-4-20(12-22)26(33)30-10-1-2-11-31-23(15-30)25(24(31)16-32)19-8-6-18(7-9-19)21-13-28-17-29-14-21/h3-9,12-14,17,23-25,32H,1-2,10-11,15-16H2/t23-,24+,25+/m0/s1. The largest absolute Gasteiger partial charge is 0.395 e. The lowest BCUT2D eigenvalue weighted by Crippen LogP contribution is -2.67. The van der Waals surface area contributed by atoms with Crippen molar-refractivity contribution < 1.29 is 14.3 Å². The third-order valence-electron chi connectivity index (χ3n) is 6.92. The average molecular weight is 447 g/mol. The number of carbonyl (C=O) groups is 1. The van der Waals surface area contributed by atoms with Crippen molar-refractivity contribution >= 4 is 5.91 Å². The van der Waals surface area contributed by atoms with E-state index in [0.717, 1.165) is 36.1 Å². The van der Waals surface area contributed by atoms with E-state index < -0.39 is 5.82 Å². The Balaban J connectivity index is 1.39. The first-order chi connectivity index (χ1) is 16.2. The van der Waals surface area contributed by atoms with Gasteiger partial charge in [0, 0.05) is 54.6 Å². The van der Waals surface area contributed by atoms with Gasteiger partial charge in [-0.15, -0.1) is 0 Å². The Bertz CT molecular complexity index is 1110. The van der Waals surface area contributed by atoms with Crippen molar-refractivity contribution in [1.82, 2.24) is 19.8 Å². The zero-order valence-corrected chi connectivity index (χ0v) is 18.3. The summed E-state index contributed by atoms with van der Waals surface area (Å²) in [5.41, 5.74) is 3.52. The highest BCUT2D eigenvalue weighted by Gasteiger charge is 2.49. The van der Waals surface area contributed by atoms with Crippen LogP contribution in [-0.4, -0.2) is 69.1 Å². The summed E-state index contributed by atoms with van der Waals surface area (Å²) in [6, 6.07) is 14.4. The van der Waals surface area contributed by atoms with Crippen molar-refractivity contribution in [3.05, 3.63) is 84.2 Å². The second-order valence-corrected chi connectivity index (χ2v) is 8.80. The summed E-state index contributed by atoms with van der Waals surface area (Å²) in [6.07, 6.45) is 6.93. The molecule has 3 atom stereocenters. The Morgan fingerprint density at radius 2 is 1.79 bits per heavy atom. The van der Waals surface area contributed by atoms with Gasteiger partial charge < -0.3 is 10.0 Å². The van der Waals surface area contributed by atoms with E-state index in [-0.39, 0.29) is 30.5 Å². The smallest absolute Gasteiger partial charge is 0.254 e. The topological polar surface area (TPSA) is 69.6 Å². The molecule has 170 valence electrons. The van der Waals surface area contributed by atoms with E-state index in [4.69, 9.17) is 0 Å². The van der Waals surface area contributed by atoms with Crippen LogP contribution < -0.4 is 0 Å². The van der Waals surface area contributed by atoms with Gasteiger partial charge in [0.1, 0.15) is 12.1 Å². The van der Waals surface area contributed by atoms with Gasteiger partial charge in [-0.05, 0) is 48.7 Å². The van der Waals surface area contributed by atoms with Crippen LogP contribution in [0.15, 0.2) is 67.3 Å². The lowest BCUT2D eigenvalue weighted by molar-refractivity contribution is -0.0606. The molecule has 1 N–H and O–H groups in total. The first-order valence-corrected chi connectivity index (χ1v) is 11.4. The van der Waals surface area contributed by atoms with Crippen molar-refractivity contribution in [2.45, 2.75) is 30.8 Å². The summed E-state index contributed by atoms with van der Waals surface area (Å²) in [4.78, 5) is 25.5. The molecule has 2 aliphatic rings. The quantitative estimate of drug-likeness (QED) is 0.666. The first kappa shape index (κ1) is 21.7. The summed E-state index contributed by atoms with van der Waals surface area (Å²) in [6.45, 7) is 2.20. The molecule has 2 saturated heterocycles. The SMILES string of the molecule is O=C(c1cccc(F)c1)N1CCCCN2[C@H](CO)[C@H](c3ccc(-c4cncnc4)cc3)[C@@H]2C1. The van der Waals surface area contributed by atoms with Crippen LogP contribution in [0.2, 0.25) is 0 Å². The fourth-order valence-corrected chi connectivity index (χ4v) is 5.27. The molecule has 3 heterocycles. The number of hydrogen-bond donors (Lipinski definition) is 1. The molecular weight excluding hydrogens is 419 g/mol. The van der Waals surface area contributed by atoms with Gasteiger partial charge in [0.25, 0.3) is 5.91 Å². The van der Waals surface area contributed by atoms with Crippen molar-refractivity contribution in [3.63, 3.8) is 0 Å². The van der Waals surface area contributed by atoms with Crippen molar-refractivity contribution in [1.29, 1.82) is 0 Å². The van der Waals surface area contributed by atoms with E-state index in [1.165, 1.54) is 18.5 Å². The molecule has 3 aromatic rings. The monoisotopic (exact) mass is 446 g/mol. The molecule has 0 bridgehead atoms. The van der Waals surface area contributed by atoms with Gasteiger partial charge in [-0.3, -0.25) is 9.69 Å². The Morgan fingerprint density at radius 3 is 2.52 bits per heavy atom. The highest BCUT2D eigenvalue weighted by atomic mass is 19.1. The van der Waals surface area contributed by atoms with Gasteiger partial charge in [0.15, 0.2) is 0 Å². The van der Waals surface area contributed by atoms with Crippen molar-refractivity contribution in [2.24, 2.45) is 0 Å². The Labute approximate surface area is 192 Å². The number of aliphatic hydroxyl groups is 1. The van der Waals surface area contributed by atoms with Crippen LogP contribution in [0.4, 0.5) is 4.39 Å². The highest BCUT2D eigenvalue weighted by molar-refractivity contribution is 5.94. The molecule has 0 spiro atoms. The zero-order chi connectivity index (χ0) is 22.8. The fraction of sp³-hybridized carbons (Fsp3) is 0.346. The van der Waals surface area contributed by atoms with Gasteiger partial charge in [0.05, 0.1) is 6.61 Å². The molecule has 2 fully saturated rings. The van der Waals surface area contributed by atoms with Crippen LogP contribution >= 0.6 is 0 Å². The maximum atomic E-state index is 13.7. The maximum Gasteiger partial charge on any atom is 0.254 e. The minimum Gasteiger partial charge on any atom is -0.395 e. The lowest BCUT2D eigenvalue weighted by Gasteiger charge is -2.57. The van der Waals surface area contributed by atoms with Crippen LogP contribution in [0.5, 0.6) is 0 Å². The van der Waals surface area contributed by atoms with E-state index in [9.17, 15) is 14.3 Å². The van der Waals surface area contributed by atoms with Crippen molar-refractivity contribution in [2.75, 3.05) is 26.2 Å². The average Bonchev–Trinajstić information content (AvgIpc) is 2.83. The van der Waals surface area contributed by atoms with Gasteiger partial charge in [-0.1, -0.05) is 30.3 Å². The molecule has 1 aromatic heterocycles. The number of nitrogens with zero attached hydrogens (tertiary/aromatic N) is 4. The van der Waals surface area contributed by atoms with E-state index >= 15 is 0 Å². The van der Waals surface area contributed by atoms with Crippen molar-refractivity contribution in [3.8, 4) is 11.1 Å². The van der Waals surface area contributed by atoms with Gasteiger partial charge in [-0.2, -0.15) is 0 Å². The highest BCUT2D eigenvalue weighted by Crippen LogP contribution is 2.42. The number of carbonyl (C=O) groups excluding carboxylic acids is 1. The van der Waals surface area contributed by atoms with Gasteiger partial charge in [-0.25, -0.2) is 14.4 Å². The van der Waals surface area contributed by atoms with E-state index in [1.54, 1.807) is 24.5 Å². The number of halogens is 1. The molecular formula is C26H27FN4O2. The van der Waals surface area contributed by atoms with E-state index in [1.807, 2.05) is 4.90 Å².